The van der Waals surface area contributed by atoms with Gasteiger partial charge in [-0.1, -0.05) is 15.9 Å². The van der Waals surface area contributed by atoms with Crippen molar-refractivity contribution < 1.29 is 4.79 Å². The van der Waals surface area contributed by atoms with E-state index < -0.39 is 0 Å². The van der Waals surface area contributed by atoms with Crippen LogP contribution in [0.5, 0.6) is 0 Å². The van der Waals surface area contributed by atoms with E-state index >= 15 is 0 Å². The fourth-order valence-electron chi connectivity index (χ4n) is 0.220. The van der Waals surface area contributed by atoms with Crippen LogP contribution < -0.4 is 0 Å². The van der Waals surface area contributed by atoms with Gasteiger partial charge in [-0.2, -0.15) is 0 Å². The second kappa shape index (κ2) is 3.00. The summed E-state index contributed by atoms with van der Waals surface area (Å²) in [5.41, 5.74) is 0. The molecule has 0 spiro atoms. The normalized spacial score (nSPS) is 10.4. The molecule has 0 radical (unpaired) electrons. The maximum Gasteiger partial charge on any atom is 0.234 e. The van der Waals surface area contributed by atoms with Gasteiger partial charge < -0.3 is 0 Å². The summed E-state index contributed by atoms with van der Waals surface area (Å²) in [5.74, 6) is 0. The van der Waals surface area contributed by atoms with E-state index in [4.69, 9.17) is 0 Å². The minimum atomic E-state index is -0.0651. The number of aliphatic imine (C=N–C) groups is 1. The summed E-state index contributed by atoms with van der Waals surface area (Å²) in [4.78, 5) is 12.9. The Morgan fingerprint density at radius 3 is 2.38 bits per heavy atom. The molecular formula is C5H8BrNO. The number of carbonyl (C=O) groups excluding carboxylic acids is 1. The van der Waals surface area contributed by atoms with Gasteiger partial charge >= 0.3 is 0 Å². The second-order valence-corrected chi connectivity index (χ2v) is 4.27. The molecule has 0 saturated heterocycles. The van der Waals surface area contributed by atoms with Gasteiger partial charge in [-0.25, -0.2) is 9.79 Å². The van der Waals surface area contributed by atoms with Gasteiger partial charge in [0, 0.05) is 4.32 Å². The summed E-state index contributed by atoms with van der Waals surface area (Å²) in [6.07, 6.45) is 1.47. The summed E-state index contributed by atoms with van der Waals surface area (Å²) in [5, 5.41) is 0. The van der Waals surface area contributed by atoms with E-state index in [0.717, 1.165) is 0 Å². The molecular weight excluding hydrogens is 170 g/mol. The Kier molecular flexibility index (Phi) is 2.95. The average molecular weight is 178 g/mol. The first-order valence-electron chi connectivity index (χ1n) is 2.29. The zero-order valence-electron chi connectivity index (χ0n) is 4.94. The molecule has 0 aliphatic heterocycles. The molecule has 8 heavy (non-hydrogen) atoms. The minimum Gasteiger partial charge on any atom is -0.211 e. The molecule has 46 valence electrons. The second-order valence-electron chi connectivity index (χ2n) is 2.13. The number of alkyl halides is 1. The van der Waals surface area contributed by atoms with E-state index in [1.807, 2.05) is 13.8 Å². The topological polar surface area (TPSA) is 29.4 Å². The highest BCUT2D eigenvalue weighted by Gasteiger charge is 2.09. The molecule has 0 amide bonds. The van der Waals surface area contributed by atoms with Crippen LogP contribution in [0, 0.1) is 0 Å². The van der Waals surface area contributed by atoms with E-state index in [0.29, 0.717) is 6.54 Å². The van der Waals surface area contributed by atoms with Crippen molar-refractivity contribution in [1.29, 1.82) is 0 Å². The highest BCUT2D eigenvalue weighted by Crippen LogP contribution is 2.14. The molecule has 0 aromatic carbocycles. The van der Waals surface area contributed by atoms with Gasteiger partial charge in [0.15, 0.2) is 0 Å². The Hall–Kier alpha value is -0.140. The van der Waals surface area contributed by atoms with Crippen LogP contribution in [0.25, 0.3) is 0 Å². The third kappa shape index (κ3) is 5.86. The van der Waals surface area contributed by atoms with E-state index in [1.54, 1.807) is 0 Å². The number of halogens is 1. The molecule has 0 unspecified atom stereocenters. The molecule has 0 atom stereocenters. The molecule has 0 saturated carbocycles. The zero-order valence-corrected chi connectivity index (χ0v) is 6.53. The number of nitrogens with zero attached hydrogens (tertiary/aromatic N) is 1. The van der Waals surface area contributed by atoms with E-state index in [9.17, 15) is 4.79 Å². The quantitative estimate of drug-likeness (QED) is 0.358. The lowest BCUT2D eigenvalue weighted by Gasteiger charge is -2.09. The molecule has 0 fully saturated rings. The number of hydrogen-bond acceptors (Lipinski definition) is 2. The van der Waals surface area contributed by atoms with Crippen LogP contribution in [-0.2, 0) is 4.79 Å². The number of isocyanates is 1. The van der Waals surface area contributed by atoms with Gasteiger partial charge in [0.1, 0.15) is 0 Å². The van der Waals surface area contributed by atoms with Crippen molar-refractivity contribution in [2.45, 2.75) is 18.2 Å². The largest absolute Gasteiger partial charge is 0.234 e. The highest BCUT2D eigenvalue weighted by molar-refractivity contribution is 9.10. The van der Waals surface area contributed by atoms with Crippen LogP contribution in [0.15, 0.2) is 4.99 Å². The van der Waals surface area contributed by atoms with Crippen LogP contribution >= 0.6 is 15.9 Å². The van der Waals surface area contributed by atoms with Gasteiger partial charge in [0.25, 0.3) is 0 Å². The summed E-state index contributed by atoms with van der Waals surface area (Å²) in [7, 11) is 0. The first-order chi connectivity index (χ1) is 3.56. The Balaban J connectivity index is 3.55. The summed E-state index contributed by atoms with van der Waals surface area (Å²) in [6.45, 7) is 4.36. The molecule has 0 aromatic rings. The van der Waals surface area contributed by atoms with Crippen molar-refractivity contribution in [3.05, 3.63) is 0 Å². The van der Waals surface area contributed by atoms with E-state index in [-0.39, 0.29) is 4.32 Å². The zero-order chi connectivity index (χ0) is 6.62. The first kappa shape index (κ1) is 7.86. The maximum absolute atomic E-state index is 9.54. The molecule has 3 heteroatoms. The monoisotopic (exact) mass is 177 g/mol. The van der Waals surface area contributed by atoms with Gasteiger partial charge in [0.2, 0.25) is 6.08 Å². The van der Waals surface area contributed by atoms with Gasteiger partial charge in [0.05, 0.1) is 6.54 Å². The summed E-state index contributed by atoms with van der Waals surface area (Å²) in [6, 6.07) is 0. The third-order valence-corrected chi connectivity index (χ3v) is 0.770. The summed E-state index contributed by atoms with van der Waals surface area (Å²) < 4.78 is -0.0651. The molecule has 0 rings (SSSR count). The minimum absolute atomic E-state index is 0.0651. The molecule has 0 heterocycles. The molecule has 0 N–H and O–H groups in total. The van der Waals surface area contributed by atoms with Crippen molar-refractivity contribution in [1.82, 2.24) is 0 Å². The van der Waals surface area contributed by atoms with E-state index in [1.165, 1.54) is 6.08 Å². The summed E-state index contributed by atoms with van der Waals surface area (Å²) >= 11 is 3.31. The Bertz CT molecular complexity index is 110. The predicted octanol–water partition coefficient (Wildman–Crippen LogP) is 1.50. The average Bonchev–Trinajstić information content (AvgIpc) is 1.59. The number of rotatable bonds is 2. The molecule has 0 aromatic heterocycles. The lowest BCUT2D eigenvalue weighted by Crippen LogP contribution is -2.12. The smallest absolute Gasteiger partial charge is 0.211 e. The van der Waals surface area contributed by atoms with Crippen LogP contribution in [-0.4, -0.2) is 16.9 Å². The first-order valence-corrected chi connectivity index (χ1v) is 3.08. The maximum atomic E-state index is 9.54. The van der Waals surface area contributed by atoms with Crippen LogP contribution in [0.1, 0.15) is 13.8 Å². The van der Waals surface area contributed by atoms with Crippen LogP contribution in [0.4, 0.5) is 0 Å². The third-order valence-electron chi connectivity index (χ3n) is 0.520. The standard InChI is InChI=1S/C5H8BrNO/c1-5(2,6)3-7-4-8/h3H2,1-2H3. The fraction of sp³-hybridized carbons (Fsp3) is 0.800. The predicted molar refractivity (Wildman–Crippen MR) is 36.0 cm³/mol. The Morgan fingerprint density at radius 2 is 2.25 bits per heavy atom. The van der Waals surface area contributed by atoms with Crippen molar-refractivity contribution in [3.8, 4) is 0 Å². The number of hydrogen-bond donors (Lipinski definition) is 0. The van der Waals surface area contributed by atoms with Crippen LogP contribution in [0.3, 0.4) is 0 Å². The lowest BCUT2D eigenvalue weighted by atomic mass is 10.2. The molecule has 0 aliphatic rings. The molecule has 0 bridgehead atoms. The Labute approximate surface area is 57.1 Å². The van der Waals surface area contributed by atoms with Gasteiger partial charge in [-0.05, 0) is 13.8 Å². The van der Waals surface area contributed by atoms with Gasteiger partial charge in [-0.3, -0.25) is 0 Å². The highest BCUT2D eigenvalue weighted by atomic mass is 79.9. The Morgan fingerprint density at radius 1 is 1.75 bits per heavy atom. The lowest BCUT2D eigenvalue weighted by molar-refractivity contribution is 0.561. The van der Waals surface area contributed by atoms with E-state index in [2.05, 4.69) is 20.9 Å². The fourth-order valence-corrected chi connectivity index (χ4v) is 0.346. The van der Waals surface area contributed by atoms with Crippen molar-refractivity contribution >= 4 is 22.0 Å². The van der Waals surface area contributed by atoms with Crippen molar-refractivity contribution in [2.75, 3.05) is 6.54 Å². The van der Waals surface area contributed by atoms with Crippen molar-refractivity contribution in [3.63, 3.8) is 0 Å². The molecule has 0 aliphatic carbocycles. The molecule has 2 nitrogen and oxygen atoms in total. The van der Waals surface area contributed by atoms with Crippen molar-refractivity contribution in [2.24, 2.45) is 4.99 Å². The van der Waals surface area contributed by atoms with Gasteiger partial charge in [-0.15, -0.1) is 0 Å². The van der Waals surface area contributed by atoms with Crippen LogP contribution in [0.2, 0.25) is 0 Å². The SMILES string of the molecule is CC(C)(Br)CN=C=O.